The molecule has 1 amide bonds. The lowest BCUT2D eigenvalue weighted by Crippen LogP contribution is -2.20. The van der Waals surface area contributed by atoms with Gasteiger partial charge in [0.25, 0.3) is 11.5 Å². The van der Waals surface area contributed by atoms with Crippen molar-refractivity contribution in [1.82, 2.24) is 14.5 Å². The molecule has 0 saturated carbocycles. The Labute approximate surface area is 181 Å². The lowest BCUT2D eigenvalue weighted by atomic mass is 10.2. The Balaban J connectivity index is 1.60. The highest BCUT2D eigenvalue weighted by atomic mass is 35.5. The van der Waals surface area contributed by atoms with Crippen molar-refractivity contribution in [1.29, 1.82) is 0 Å². The molecule has 0 aliphatic rings. The van der Waals surface area contributed by atoms with E-state index in [0.29, 0.717) is 21.4 Å². The maximum Gasteiger partial charge on any atom is 0.258 e. The van der Waals surface area contributed by atoms with Crippen LogP contribution in [-0.2, 0) is 0 Å². The molecule has 3 heterocycles. The molecule has 0 radical (unpaired) electrons. The monoisotopic (exact) mass is 436 g/mol. The van der Waals surface area contributed by atoms with Gasteiger partial charge in [0.2, 0.25) is 0 Å². The minimum Gasteiger partial charge on any atom is -0.298 e. The van der Waals surface area contributed by atoms with Crippen LogP contribution in [0.2, 0.25) is 5.02 Å². The lowest BCUT2D eigenvalue weighted by Gasteiger charge is -2.08. The summed E-state index contributed by atoms with van der Waals surface area (Å²) in [6, 6.07) is 15.4. The minimum absolute atomic E-state index is 0.244. The molecule has 0 atom stereocenters. The molecule has 1 N–H and O–H groups in total. The fourth-order valence-corrected chi connectivity index (χ4v) is 3.90. The van der Waals surface area contributed by atoms with E-state index >= 15 is 0 Å². The average Bonchev–Trinajstić information content (AvgIpc) is 3.09. The number of carbonyl (C=O) groups is 1. The Morgan fingerprint density at radius 2 is 1.80 bits per heavy atom. The van der Waals surface area contributed by atoms with Gasteiger partial charge in [0, 0.05) is 33.5 Å². The zero-order chi connectivity index (χ0) is 21.3. The molecular weight excluding hydrogens is 420 g/mol. The number of rotatable bonds is 4. The van der Waals surface area contributed by atoms with Gasteiger partial charge in [0.15, 0.2) is 5.13 Å². The summed E-state index contributed by atoms with van der Waals surface area (Å²) in [6.45, 7) is 3.86. The second-order valence-corrected chi connectivity index (χ2v) is 8.28. The molecule has 0 bridgehead atoms. The van der Waals surface area contributed by atoms with Crippen LogP contribution in [0.1, 0.15) is 20.9 Å². The Hall–Kier alpha value is -3.29. The third-order valence-electron chi connectivity index (χ3n) is 4.43. The fraction of sp³-hybridized carbons (Fsp3) is 0.0909. The average molecular weight is 437 g/mol. The van der Waals surface area contributed by atoms with Crippen molar-refractivity contribution in [2.45, 2.75) is 13.8 Å². The van der Waals surface area contributed by atoms with E-state index in [4.69, 9.17) is 11.6 Å². The Kier molecular flexibility index (Phi) is 5.48. The highest BCUT2D eigenvalue weighted by Crippen LogP contribution is 2.29. The molecule has 0 aliphatic heterocycles. The van der Waals surface area contributed by atoms with Crippen LogP contribution in [0, 0.1) is 13.8 Å². The van der Waals surface area contributed by atoms with Gasteiger partial charge in [-0.1, -0.05) is 17.7 Å². The molecule has 150 valence electrons. The van der Waals surface area contributed by atoms with Gasteiger partial charge in [-0.15, -0.1) is 11.3 Å². The predicted molar refractivity (Wildman–Crippen MR) is 120 cm³/mol. The number of carbonyl (C=O) groups excluding carboxylic acids is 1. The molecule has 0 spiro atoms. The van der Waals surface area contributed by atoms with Gasteiger partial charge in [0.05, 0.1) is 11.3 Å². The van der Waals surface area contributed by atoms with E-state index in [2.05, 4.69) is 15.3 Å². The number of nitrogens with zero attached hydrogens (tertiary/aromatic N) is 3. The number of pyridine rings is 2. The molecule has 0 saturated heterocycles. The summed E-state index contributed by atoms with van der Waals surface area (Å²) >= 11 is 7.29. The fourth-order valence-electron chi connectivity index (χ4n) is 2.96. The number of halogens is 1. The molecule has 3 aromatic heterocycles. The van der Waals surface area contributed by atoms with Crippen LogP contribution in [0.3, 0.4) is 0 Å². The van der Waals surface area contributed by atoms with Gasteiger partial charge < -0.3 is 0 Å². The number of aromatic nitrogens is 3. The van der Waals surface area contributed by atoms with Gasteiger partial charge in [-0.2, -0.15) is 0 Å². The number of nitrogens with one attached hydrogen (secondary N) is 1. The normalized spacial score (nSPS) is 10.8. The first-order valence-corrected chi connectivity index (χ1v) is 10.3. The smallest absolute Gasteiger partial charge is 0.258 e. The van der Waals surface area contributed by atoms with Crippen molar-refractivity contribution < 1.29 is 4.79 Å². The van der Waals surface area contributed by atoms with E-state index in [9.17, 15) is 9.59 Å². The Morgan fingerprint density at radius 1 is 1.03 bits per heavy atom. The van der Waals surface area contributed by atoms with E-state index < -0.39 is 0 Å². The summed E-state index contributed by atoms with van der Waals surface area (Å²) in [5.74, 6) is -0.352. The predicted octanol–water partition coefficient (Wildman–Crippen LogP) is 4.88. The van der Waals surface area contributed by atoms with Crippen molar-refractivity contribution >= 4 is 34.0 Å². The van der Waals surface area contributed by atoms with E-state index in [1.807, 2.05) is 32.0 Å². The van der Waals surface area contributed by atoms with Crippen LogP contribution in [0.5, 0.6) is 0 Å². The Bertz CT molecular complexity index is 1300. The second kappa shape index (κ2) is 8.22. The summed E-state index contributed by atoms with van der Waals surface area (Å²) in [5, 5.41) is 3.86. The summed E-state index contributed by atoms with van der Waals surface area (Å²) in [6.07, 6.45) is 1.50. The number of hydrogen-bond acceptors (Lipinski definition) is 5. The summed E-state index contributed by atoms with van der Waals surface area (Å²) in [5.41, 5.74) is 3.12. The first kappa shape index (κ1) is 20.0. The van der Waals surface area contributed by atoms with Crippen LogP contribution in [-0.4, -0.2) is 20.4 Å². The molecule has 4 rings (SSSR count). The van der Waals surface area contributed by atoms with Crippen LogP contribution in [0.15, 0.2) is 65.6 Å². The van der Waals surface area contributed by atoms with Gasteiger partial charge in [0.1, 0.15) is 5.69 Å². The molecule has 8 heteroatoms. The SMILES string of the molecule is Cc1cccc(-c2nc(NC(=O)c3ccc(=O)n(-c4ccc(Cl)cc4)c3)sc2C)n1. The van der Waals surface area contributed by atoms with E-state index in [1.54, 1.807) is 24.3 Å². The molecule has 0 aliphatic carbocycles. The summed E-state index contributed by atoms with van der Waals surface area (Å²) in [7, 11) is 0. The van der Waals surface area contributed by atoms with Gasteiger partial charge in [-0.05, 0) is 56.3 Å². The van der Waals surface area contributed by atoms with Crippen LogP contribution < -0.4 is 10.9 Å². The molecular formula is C22H17ClN4O2S. The lowest BCUT2D eigenvalue weighted by molar-refractivity contribution is 0.102. The maximum atomic E-state index is 12.8. The molecule has 30 heavy (non-hydrogen) atoms. The number of thiazole rings is 1. The standard InChI is InChI=1S/C22H17ClN4O2S/c1-13-4-3-5-18(24-13)20-14(2)30-22(25-20)26-21(29)15-6-11-19(28)27(12-15)17-9-7-16(23)8-10-17/h3-12H,1-2H3,(H,25,26,29). The molecule has 1 aromatic carbocycles. The van der Waals surface area contributed by atoms with Crippen molar-refractivity contribution in [3.05, 3.63) is 92.3 Å². The topological polar surface area (TPSA) is 76.9 Å². The van der Waals surface area contributed by atoms with Crippen LogP contribution in [0.4, 0.5) is 5.13 Å². The highest BCUT2D eigenvalue weighted by Gasteiger charge is 2.15. The largest absolute Gasteiger partial charge is 0.298 e. The molecule has 0 fully saturated rings. The molecule has 0 unspecified atom stereocenters. The summed E-state index contributed by atoms with van der Waals surface area (Å²) in [4.78, 5) is 35.0. The molecule has 6 nitrogen and oxygen atoms in total. The number of anilines is 1. The number of hydrogen-bond donors (Lipinski definition) is 1. The van der Waals surface area contributed by atoms with E-state index in [-0.39, 0.29) is 11.5 Å². The van der Waals surface area contributed by atoms with Gasteiger partial charge in [-0.3, -0.25) is 24.5 Å². The van der Waals surface area contributed by atoms with Crippen LogP contribution in [0.25, 0.3) is 17.1 Å². The number of aryl methyl sites for hydroxylation is 2. The quantitative estimate of drug-likeness (QED) is 0.494. The number of benzene rings is 1. The van der Waals surface area contributed by atoms with Crippen molar-refractivity contribution in [2.75, 3.05) is 5.32 Å². The highest BCUT2D eigenvalue weighted by molar-refractivity contribution is 7.16. The van der Waals surface area contributed by atoms with E-state index in [1.165, 1.54) is 34.2 Å². The Morgan fingerprint density at radius 3 is 2.53 bits per heavy atom. The van der Waals surface area contributed by atoms with Crippen molar-refractivity contribution in [3.8, 4) is 17.1 Å². The minimum atomic E-state index is -0.352. The second-order valence-electron chi connectivity index (χ2n) is 6.64. The zero-order valence-corrected chi connectivity index (χ0v) is 17.8. The van der Waals surface area contributed by atoms with Crippen molar-refractivity contribution in [3.63, 3.8) is 0 Å². The summed E-state index contributed by atoms with van der Waals surface area (Å²) < 4.78 is 1.40. The van der Waals surface area contributed by atoms with Gasteiger partial charge in [-0.25, -0.2) is 4.98 Å². The first-order chi connectivity index (χ1) is 14.4. The van der Waals surface area contributed by atoms with Crippen molar-refractivity contribution in [2.24, 2.45) is 0 Å². The van der Waals surface area contributed by atoms with Gasteiger partial charge >= 0.3 is 0 Å². The number of amides is 1. The third-order valence-corrected chi connectivity index (χ3v) is 5.56. The maximum absolute atomic E-state index is 12.8. The first-order valence-electron chi connectivity index (χ1n) is 9.12. The van der Waals surface area contributed by atoms with Crippen LogP contribution >= 0.6 is 22.9 Å². The molecule has 4 aromatic rings. The zero-order valence-electron chi connectivity index (χ0n) is 16.2. The third kappa shape index (κ3) is 4.17. The van der Waals surface area contributed by atoms with E-state index in [0.717, 1.165) is 22.0 Å².